The number of halogens is 1. The van der Waals surface area contributed by atoms with Crippen LogP contribution in [0.5, 0.6) is 0 Å². The molecule has 0 spiro atoms. The molecule has 1 unspecified atom stereocenters. The second-order valence-electron chi connectivity index (χ2n) is 6.92. The summed E-state index contributed by atoms with van der Waals surface area (Å²) in [5.74, 6) is 0. The Morgan fingerprint density at radius 2 is 2.00 bits per heavy atom. The summed E-state index contributed by atoms with van der Waals surface area (Å²) >= 11 is 8.22. The average Bonchev–Trinajstić information content (AvgIpc) is 2.71. The maximum Gasteiger partial charge on any atom is 0.0409 e. The van der Waals surface area contributed by atoms with E-state index >= 15 is 0 Å². The number of hydrogen-bond acceptors (Lipinski definition) is 2. The molecule has 0 saturated carbocycles. The van der Waals surface area contributed by atoms with Crippen molar-refractivity contribution in [3.05, 3.63) is 34.3 Å². The quantitative estimate of drug-likeness (QED) is 0.743. The van der Waals surface area contributed by atoms with Crippen LogP contribution in [0.25, 0.3) is 0 Å². The standard InChI is InChI=1S/C18H28ClNS/c1-6-18(7-2,21-5)12-20-16-15-10-14(19)9-8-13(15)11-17(16,3)4/h8-10,16,20H,6-7,11-12H2,1-5H3. The fourth-order valence-corrected chi connectivity index (χ4v) is 4.53. The van der Waals surface area contributed by atoms with Crippen molar-refractivity contribution in [3.63, 3.8) is 0 Å². The van der Waals surface area contributed by atoms with Crippen LogP contribution in [-0.4, -0.2) is 17.5 Å². The van der Waals surface area contributed by atoms with E-state index in [1.54, 1.807) is 0 Å². The number of hydrogen-bond donors (Lipinski definition) is 1. The van der Waals surface area contributed by atoms with Crippen LogP contribution in [0.2, 0.25) is 5.02 Å². The molecule has 0 radical (unpaired) electrons. The molecule has 2 rings (SSSR count). The van der Waals surface area contributed by atoms with E-state index in [1.165, 1.54) is 24.0 Å². The number of benzene rings is 1. The predicted molar refractivity (Wildman–Crippen MR) is 96.5 cm³/mol. The predicted octanol–water partition coefficient (Wildman–Crippen LogP) is 5.47. The van der Waals surface area contributed by atoms with Crippen molar-refractivity contribution in [1.29, 1.82) is 0 Å². The van der Waals surface area contributed by atoms with Crippen LogP contribution in [0.3, 0.4) is 0 Å². The van der Waals surface area contributed by atoms with E-state index in [4.69, 9.17) is 11.6 Å². The SMILES string of the molecule is CCC(CC)(CNC1c2cc(Cl)ccc2CC1(C)C)SC. The van der Waals surface area contributed by atoms with Crippen molar-refractivity contribution in [3.8, 4) is 0 Å². The topological polar surface area (TPSA) is 12.0 Å². The Labute approximate surface area is 139 Å². The zero-order valence-electron chi connectivity index (χ0n) is 13.9. The number of fused-ring (bicyclic) bond motifs is 1. The lowest BCUT2D eigenvalue weighted by atomic mass is 9.85. The Bertz CT molecular complexity index is 486. The van der Waals surface area contributed by atoms with E-state index in [1.807, 2.05) is 17.8 Å². The third-order valence-corrected chi connectivity index (χ3v) is 7.02. The maximum absolute atomic E-state index is 6.22. The first-order chi connectivity index (χ1) is 9.87. The largest absolute Gasteiger partial charge is 0.308 e. The van der Waals surface area contributed by atoms with Crippen LogP contribution in [0, 0.1) is 5.41 Å². The van der Waals surface area contributed by atoms with Crippen LogP contribution >= 0.6 is 23.4 Å². The van der Waals surface area contributed by atoms with E-state index in [-0.39, 0.29) is 5.41 Å². The summed E-state index contributed by atoms with van der Waals surface area (Å²) in [5, 5.41) is 4.72. The van der Waals surface area contributed by atoms with Crippen molar-refractivity contribution < 1.29 is 0 Å². The minimum Gasteiger partial charge on any atom is -0.308 e. The van der Waals surface area contributed by atoms with Gasteiger partial charge in [-0.25, -0.2) is 0 Å². The molecule has 21 heavy (non-hydrogen) atoms. The van der Waals surface area contributed by atoms with E-state index < -0.39 is 0 Å². The van der Waals surface area contributed by atoms with Crippen molar-refractivity contribution in [2.45, 2.75) is 57.7 Å². The van der Waals surface area contributed by atoms with Gasteiger partial charge in [0.1, 0.15) is 0 Å². The van der Waals surface area contributed by atoms with E-state index in [0.29, 0.717) is 10.8 Å². The highest BCUT2D eigenvalue weighted by Gasteiger charge is 2.40. The first-order valence-corrected chi connectivity index (χ1v) is 9.54. The minimum atomic E-state index is 0.249. The minimum absolute atomic E-state index is 0.249. The Morgan fingerprint density at radius 1 is 1.33 bits per heavy atom. The van der Waals surface area contributed by atoms with Crippen LogP contribution in [0.15, 0.2) is 18.2 Å². The van der Waals surface area contributed by atoms with Gasteiger partial charge in [0.15, 0.2) is 0 Å². The Morgan fingerprint density at radius 3 is 2.57 bits per heavy atom. The molecule has 3 heteroatoms. The first kappa shape index (κ1) is 17.2. The third kappa shape index (κ3) is 3.43. The molecular weight excluding hydrogens is 298 g/mol. The van der Waals surface area contributed by atoms with Crippen molar-refractivity contribution in [2.24, 2.45) is 5.41 Å². The van der Waals surface area contributed by atoms with E-state index in [9.17, 15) is 0 Å². The van der Waals surface area contributed by atoms with Gasteiger partial charge in [-0.15, -0.1) is 0 Å². The monoisotopic (exact) mass is 325 g/mol. The summed E-state index contributed by atoms with van der Waals surface area (Å²) in [6.45, 7) is 10.4. The number of nitrogens with one attached hydrogen (secondary N) is 1. The molecule has 118 valence electrons. The molecule has 1 atom stereocenters. The first-order valence-electron chi connectivity index (χ1n) is 7.94. The lowest BCUT2D eigenvalue weighted by molar-refractivity contribution is 0.260. The van der Waals surface area contributed by atoms with Gasteiger partial charge >= 0.3 is 0 Å². The Kier molecular flexibility index (Phi) is 5.33. The van der Waals surface area contributed by atoms with Gasteiger partial charge in [-0.05, 0) is 54.2 Å². The van der Waals surface area contributed by atoms with Gasteiger partial charge in [0.05, 0.1) is 0 Å². The Balaban J connectivity index is 2.21. The molecule has 0 bridgehead atoms. The molecule has 1 aliphatic rings. The fourth-order valence-electron chi connectivity index (χ4n) is 3.54. The molecule has 1 aromatic carbocycles. The van der Waals surface area contributed by atoms with Crippen molar-refractivity contribution in [2.75, 3.05) is 12.8 Å². The Hall–Kier alpha value is -0.180. The fraction of sp³-hybridized carbons (Fsp3) is 0.667. The van der Waals surface area contributed by atoms with Gasteiger partial charge in [-0.3, -0.25) is 0 Å². The maximum atomic E-state index is 6.22. The number of rotatable bonds is 6. The zero-order valence-corrected chi connectivity index (χ0v) is 15.5. The van der Waals surface area contributed by atoms with Crippen molar-refractivity contribution in [1.82, 2.24) is 5.32 Å². The molecule has 1 N–H and O–H groups in total. The summed E-state index contributed by atoms with van der Waals surface area (Å²) in [7, 11) is 0. The van der Waals surface area contributed by atoms with Crippen LogP contribution < -0.4 is 5.32 Å². The van der Waals surface area contributed by atoms with E-state index in [2.05, 4.69) is 51.4 Å². The highest BCUT2D eigenvalue weighted by Crippen LogP contribution is 2.46. The second kappa shape index (κ2) is 6.52. The van der Waals surface area contributed by atoms with Crippen LogP contribution in [-0.2, 0) is 6.42 Å². The van der Waals surface area contributed by atoms with Crippen LogP contribution in [0.1, 0.15) is 57.7 Å². The van der Waals surface area contributed by atoms with Gasteiger partial charge in [0.25, 0.3) is 0 Å². The smallest absolute Gasteiger partial charge is 0.0409 e. The lowest BCUT2D eigenvalue weighted by Crippen LogP contribution is -2.41. The molecule has 0 aromatic heterocycles. The average molecular weight is 326 g/mol. The molecule has 1 aliphatic carbocycles. The van der Waals surface area contributed by atoms with Gasteiger partial charge < -0.3 is 5.32 Å². The summed E-state index contributed by atoms with van der Waals surface area (Å²) in [5.41, 5.74) is 3.10. The molecule has 0 amide bonds. The summed E-state index contributed by atoms with van der Waals surface area (Å²) in [6.07, 6.45) is 5.77. The number of thioether (sulfide) groups is 1. The van der Waals surface area contributed by atoms with Crippen LogP contribution in [0.4, 0.5) is 0 Å². The highest BCUT2D eigenvalue weighted by molar-refractivity contribution is 8.00. The van der Waals surface area contributed by atoms with Gasteiger partial charge in [-0.1, -0.05) is 45.4 Å². The van der Waals surface area contributed by atoms with Gasteiger partial charge in [-0.2, -0.15) is 11.8 Å². The third-order valence-electron chi connectivity index (χ3n) is 5.20. The van der Waals surface area contributed by atoms with Gasteiger partial charge in [0.2, 0.25) is 0 Å². The molecule has 0 heterocycles. The van der Waals surface area contributed by atoms with E-state index in [0.717, 1.165) is 18.0 Å². The molecule has 0 saturated heterocycles. The molecular formula is C18H28ClNS. The second-order valence-corrected chi connectivity index (χ2v) is 8.63. The molecule has 0 fully saturated rings. The molecule has 1 aromatic rings. The summed E-state index contributed by atoms with van der Waals surface area (Å²) < 4.78 is 0.345. The summed E-state index contributed by atoms with van der Waals surface area (Å²) in [6, 6.07) is 6.77. The van der Waals surface area contributed by atoms with Gasteiger partial charge in [0, 0.05) is 22.4 Å². The normalized spacial score (nSPS) is 20.6. The molecule has 1 nitrogen and oxygen atoms in total. The highest BCUT2D eigenvalue weighted by atomic mass is 35.5. The lowest BCUT2D eigenvalue weighted by Gasteiger charge is -2.35. The molecule has 0 aliphatic heterocycles. The zero-order chi connectivity index (χ0) is 15.7. The summed E-state index contributed by atoms with van der Waals surface area (Å²) in [4.78, 5) is 0. The van der Waals surface area contributed by atoms with Crippen molar-refractivity contribution >= 4 is 23.4 Å².